The van der Waals surface area contributed by atoms with E-state index in [0.717, 1.165) is 42.6 Å². The molecule has 2 nitrogen and oxygen atoms in total. The van der Waals surface area contributed by atoms with E-state index in [0.29, 0.717) is 0 Å². The highest BCUT2D eigenvalue weighted by molar-refractivity contribution is 7.35. The fourth-order valence-corrected chi connectivity index (χ4v) is 12.5. The molecule has 0 aliphatic heterocycles. The fraction of sp³-hybridized carbons (Fsp3) is 0.0500. The summed E-state index contributed by atoms with van der Waals surface area (Å²) in [6, 6.07) is 32.5. The Bertz CT molecular complexity index is 2930. The molecular formula is C40H22F2N2S4. The number of halogens is 2. The van der Waals surface area contributed by atoms with E-state index in [2.05, 4.69) is 83.6 Å². The van der Waals surface area contributed by atoms with Gasteiger partial charge in [0.05, 0.1) is 40.9 Å². The van der Waals surface area contributed by atoms with Crippen molar-refractivity contribution in [2.75, 3.05) is 0 Å². The SMILES string of the molecule is Cc1ccc(-n2c3c4ccc(F)cc4sc3c3sc4cc5c(cc4c32)sc2c3sc4cc(F)ccc4c3n(-c3ccc(C)cc3)c52)cc1. The summed E-state index contributed by atoms with van der Waals surface area (Å²) in [5.74, 6) is -0.418. The first kappa shape index (κ1) is 27.4. The summed E-state index contributed by atoms with van der Waals surface area (Å²) in [7, 11) is 0. The molecule has 0 aliphatic rings. The number of aromatic nitrogens is 2. The molecule has 0 fully saturated rings. The summed E-state index contributed by atoms with van der Waals surface area (Å²) in [5, 5.41) is 4.60. The third-order valence-corrected chi connectivity index (χ3v) is 14.5. The number of hydrogen-bond donors (Lipinski definition) is 0. The molecule has 11 aromatic rings. The van der Waals surface area contributed by atoms with E-state index in [4.69, 9.17) is 0 Å². The van der Waals surface area contributed by atoms with E-state index in [9.17, 15) is 8.78 Å². The zero-order valence-corrected chi connectivity index (χ0v) is 28.8. The highest BCUT2D eigenvalue weighted by Gasteiger charge is 2.26. The van der Waals surface area contributed by atoms with Crippen molar-refractivity contribution < 1.29 is 8.78 Å². The van der Waals surface area contributed by atoms with Gasteiger partial charge in [-0.15, -0.1) is 45.3 Å². The Balaban J connectivity index is 1.29. The van der Waals surface area contributed by atoms with Crippen LogP contribution in [0.5, 0.6) is 0 Å². The number of nitrogens with zero attached hydrogens (tertiary/aromatic N) is 2. The van der Waals surface area contributed by atoms with Crippen molar-refractivity contribution in [1.29, 1.82) is 0 Å². The van der Waals surface area contributed by atoms with Crippen LogP contribution >= 0.6 is 45.3 Å². The molecule has 6 heterocycles. The summed E-state index contributed by atoms with van der Waals surface area (Å²) in [4.78, 5) is 0. The molecule has 0 radical (unpaired) electrons. The van der Waals surface area contributed by atoms with Crippen LogP contribution in [0.15, 0.2) is 97.1 Å². The van der Waals surface area contributed by atoms with Crippen LogP contribution in [0.3, 0.4) is 0 Å². The second-order valence-electron chi connectivity index (χ2n) is 12.6. The van der Waals surface area contributed by atoms with Gasteiger partial charge in [-0.1, -0.05) is 35.4 Å². The number of aryl methyl sites for hydroxylation is 2. The molecule has 0 N–H and O–H groups in total. The summed E-state index contributed by atoms with van der Waals surface area (Å²) in [5.41, 5.74) is 9.32. The Labute approximate surface area is 287 Å². The molecule has 8 heteroatoms. The van der Waals surface area contributed by atoms with Crippen LogP contribution in [-0.2, 0) is 0 Å². The largest absolute Gasteiger partial charge is 0.306 e. The lowest BCUT2D eigenvalue weighted by atomic mass is 10.1. The van der Waals surface area contributed by atoms with Crippen LogP contribution in [0.4, 0.5) is 8.78 Å². The molecule has 6 aromatic heterocycles. The van der Waals surface area contributed by atoms with Gasteiger partial charge in [-0.25, -0.2) is 8.78 Å². The van der Waals surface area contributed by atoms with E-state index >= 15 is 0 Å². The predicted octanol–water partition coefficient (Wildman–Crippen LogP) is 13.6. The first-order valence-corrected chi connectivity index (χ1v) is 18.9. The van der Waals surface area contributed by atoms with E-state index in [1.807, 2.05) is 34.8 Å². The third-order valence-electron chi connectivity index (χ3n) is 9.59. The minimum absolute atomic E-state index is 0.209. The minimum atomic E-state index is -0.209. The van der Waals surface area contributed by atoms with Gasteiger partial charge in [0.25, 0.3) is 0 Å². The summed E-state index contributed by atoms with van der Waals surface area (Å²) < 4.78 is 42.8. The highest BCUT2D eigenvalue weighted by atomic mass is 32.1. The van der Waals surface area contributed by atoms with Gasteiger partial charge >= 0.3 is 0 Å². The molecular weight excluding hydrogens is 675 g/mol. The zero-order chi connectivity index (χ0) is 32.0. The molecule has 5 aromatic carbocycles. The first-order chi connectivity index (χ1) is 23.4. The molecule has 0 spiro atoms. The number of hydrogen-bond acceptors (Lipinski definition) is 4. The van der Waals surface area contributed by atoms with Crippen LogP contribution < -0.4 is 0 Å². The number of benzene rings is 5. The molecule has 0 saturated heterocycles. The Morgan fingerprint density at radius 2 is 0.729 bits per heavy atom. The van der Waals surface area contributed by atoms with Crippen molar-refractivity contribution in [1.82, 2.24) is 9.13 Å². The first-order valence-electron chi connectivity index (χ1n) is 15.6. The summed E-state index contributed by atoms with van der Waals surface area (Å²) in [6.45, 7) is 4.22. The smallest absolute Gasteiger partial charge is 0.124 e. The standard InChI is InChI=1S/C40H22F2N2S4/c1-19-3-9-23(10-4-19)43-33-25-13-7-21(41)15-29(25)45-37(33)39-35(43)27-17-32-28(18-31(27)47-39)36-40(48-32)38-34(26-14-8-22(42)16-30(26)46-38)44(36)24-11-5-20(2)6-12-24/h3-18H,1-2H3. The average molecular weight is 697 g/mol. The van der Waals surface area contributed by atoms with Crippen LogP contribution in [0, 0.1) is 25.5 Å². The molecule has 0 aliphatic carbocycles. The Morgan fingerprint density at radius 3 is 1.10 bits per heavy atom. The maximum atomic E-state index is 14.4. The molecule has 0 amide bonds. The van der Waals surface area contributed by atoms with Gasteiger partial charge in [-0.3, -0.25) is 0 Å². The lowest BCUT2D eigenvalue weighted by Gasteiger charge is -2.09. The van der Waals surface area contributed by atoms with E-state index in [1.165, 1.54) is 61.1 Å². The van der Waals surface area contributed by atoms with Gasteiger partial charge in [0.2, 0.25) is 0 Å². The Kier molecular flexibility index (Phi) is 5.42. The predicted molar refractivity (Wildman–Crippen MR) is 206 cm³/mol. The molecule has 0 saturated carbocycles. The van der Waals surface area contributed by atoms with Crippen LogP contribution in [-0.4, -0.2) is 9.13 Å². The Hall–Kier alpha value is -4.60. The van der Waals surface area contributed by atoms with E-state index < -0.39 is 0 Å². The van der Waals surface area contributed by atoms with Gasteiger partial charge in [0.1, 0.15) is 11.6 Å². The second kappa shape index (κ2) is 9.51. The lowest BCUT2D eigenvalue weighted by Crippen LogP contribution is -1.94. The summed E-state index contributed by atoms with van der Waals surface area (Å²) in [6.07, 6.45) is 0. The normalized spacial score (nSPS) is 12.6. The molecule has 230 valence electrons. The molecule has 0 bridgehead atoms. The number of fused-ring (bicyclic) bond motifs is 14. The maximum absolute atomic E-state index is 14.4. The van der Waals surface area contributed by atoms with Crippen molar-refractivity contribution in [3.63, 3.8) is 0 Å². The summed E-state index contributed by atoms with van der Waals surface area (Å²) >= 11 is 7.01. The van der Waals surface area contributed by atoms with Gasteiger partial charge in [0.15, 0.2) is 0 Å². The molecule has 0 unspecified atom stereocenters. The number of thiophene rings is 4. The number of rotatable bonds is 2. The van der Waals surface area contributed by atoms with Crippen LogP contribution in [0.1, 0.15) is 11.1 Å². The van der Waals surface area contributed by atoms with Gasteiger partial charge in [-0.05, 0) is 86.6 Å². The molecule has 0 atom stereocenters. The van der Waals surface area contributed by atoms with Crippen molar-refractivity contribution in [2.24, 2.45) is 0 Å². The molecule has 11 rings (SSSR count). The molecule has 48 heavy (non-hydrogen) atoms. The lowest BCUT2D eigenvalue weighted by molar-refractivity contribution is 0.629. The zero-order valence-electron chi connectivity index (χ0n) is 25.5. The minimum Gasteiger partial charge on any atom is -0.306 e. The monoisotopic (exact) mass is 696 g/mol. The van der Waals surface area contributed by atoms with Crippen molar-refractivity contribution in [3.8, 4) is 11.4 Å². The second-order valence-corrected chi connectivity index (χ2v) is 16.8. The van der Waals surface area contributed by atoms with Gasteiger partial charge in [0, 0.05) is 51.7 Å². The quantitative estimate of drug-likeness (QED) is 0.170. The van der Waals surface area contributed by atoms with Crippen LogP contribution in [0.2, 0.25) is 0 Å². The van der Waals surface area contributed by atoms with Crippen molar-refractivity contribution in [2.45, 2.75) is 13.8 Å². The fourth-order valence-electron chi connectivity index (χ4n) is 7.41. The van der Waals surface area contributed by atoms with Crippen molar-refractivity contribution >= 4 is 127 Å². The van der Waals surface area contributed by atoms with E-state index in [-0.39, 0.29) is 11.6 Å². The third kappa shape index (κ3) is 3.58. The van der Waals surface area contributed by atoms with Gasteiger partial charge in [-0.2, -0.15) is 0 Å². The van der Waals surface area contributed by atoms with E-state index in [1.54, 1.807) is 46.9 Å². The van der Waals surface area contributed by atoms with Crippen LogP contribution in [0.25, 0.3) is 92.6 Å². The topological polar surface area (TPSA) is 9.86 Å². The maximum Gasteiger partial charge on any atom is 0.124 e. The highest BCUT2D eigenvalue weighted by Crippen LogP contribution is 2.52. The average Bonchev–Trinajstić information content (AvgIpc) is 3.89. The van der Waals surface area contributed by atoms with Gasteiger partial charge < -0.3 is 9.13 Å². The van der Waals surface area contributed by atoms with Crippen molar-refractivity contribution in [3.05, 3.63) is 120 Å². The Morgan fingerprint density at radius 1 is 0.396 bits per heavy atom.